The first kappa shape index (κ1) is 30.1. The van der Waals surface area contributed by atoms with Crippen LogP contribution in [0.4, 0.5) is 0 Å². The molecule has 4 aliphatic rings. The first-order valence-corrected chi connectivity index (χ1v) is 14.5. The van der Waals surface area contributed by atoms with Crippen LogP contribution in [0.5, 0.6) is 5.75 Å². The average molecular weight is 587 g/mol. The monoisotopic (exact) mass is 586 g/mol. The van der Waals surface area contributed by atoms with Crippen molar-refractivity contribution in [2.75, 3.05) is 33.0 Å². The van der Waals surface area contributed by atoms with Gasteiger partial charge in [0.25, 0.3) is 0 Å². The van der Waals surface area contributed by atoms with Crippen molar-refractivity contribution in [1.29, 1.82) is 0 Å². The van der Waals surface area contributed by atoms with E-state index >= 15 is 0 Å². The molecular formula is C30H38N2O10. The van der Waals surface area contributed by atoms with Crippen LogP contribution in [0.2, 0.25) is 0 Å². The molecule has 3 N–H and O–H groups in total. The number of hydrogen-bond donors (Lipinski definition) is 3. The molecular weight excluding hydrogens is 548 g/mol. The number of carboxylic acids is 2. The summed E-state index contributed by atoms with van der Waals surface area (Å²) in [5, 5.41) is 19.8. The Morgan fingerprint density at radius 1 is 1.02 bits per heavy atom. The molecule has 2 heterocycles. The van der Waals surface area contributed by atoms with Crippen LogP contribution in [0.1, 0.15) is 44.9 Å². The molecule has 12 heteroatoms. The molecule has 1 aromatic carbocycles. The Morgan fingerprint density at radius 2 is 1.76 bits per heavy atom. The topological polar surface area (TPSA) is 153 Å². The van der Waals surface area contributed by atoms with Gasteiger partial charge in [-0.05, 0) is 44.2 Å². The van der Waals surface area contributed by atoms with Crippen LogP contribution in [-0.4, -0.2) is 95.3 Å². The first-order chi connectivity index (χ1) is 20.3. The summed E-state index contributed by atoms with van der Waals surface area (Å²) in [5.41, 5.74) is 1.24. The smallest absolute Gasteiger partial charge is 0.309 e. The number of carboxylic acid groups (broad SMARTS) is 2. The van der Waals surface area contributed by atoms with Crippen LogP contribution in [0.15, 0.2) is 30.3 Å². The van der Waals surface area contributed by atoms with Crippen molar-refractivity contribution in [2.45, 2.75) is 74.3 Å². The Bertz CT molecular complexity index is 1170. The minimum atomic E-state index is -1.04. The Kier molecular flexibility index (Phi) is 9.22. The number of rotatable bonds is 14. The lowest BCUT2D eigenvalue weighted by Crippen LogP contribution is -2.74. The largest absolute Gasteiger partial charge is 0.491 e. The third-order valence-corrected chi connectivity index (χ3v) is 9.20. The lowest BCUT2D eigenvalue weighted by Gasteiger charge is -2.55. The predicted molar refractivity (Wildman–Crippen MR) is 146 cm³/mol. The van der Waals surface area contributed by atoms with Gasteiger partial charge in [0.2, 0.25) is 5.91 Å². The molecule has 4 fully saturated rings. The number of carbonyl (C=O) groups excluding carboxylic acids is 1. The summed E-state index contributed by atoms with van der Waals surface area (Å²) in [4.78, 5) is 44.0. The molecule has 1 aromatic rings. The van der Waals surface area contributed by atoms with Crippen LogP contribution in [0, 0.1) is 24.4 Å². The fourth-order valence-corrected chi connectivity index (χ4v) is 6.94. The van der Waals surface area contributed by atoms with Crippen LogP contribution in [0.25, 0.3) is 0 Å². The van der Waals surface area contributed by atoms with Crippen molar-refractivity contribution in [3.05, 3.63) is 30.3 Å². The van der Waals surface area contributed by atoms with Crippen LogP contribution in [-0.2, 0) is 33.4 Å². The molecule has 7 unspecified atom stereocenters. The Labute approximate surface area is 244 Å². The highest BCUT2D eigenvalue weighted by atomic mass is 16.7. The summed E-state index contributed by atoms with van der Waals surface area (Å²) in [7, 11) is 0. The zero-order chi connectivity index (χ0) is 29.7. The maximum Gasteiger partial charge on any atom is 0.309 e. The molecule has 2 aliphatic carbocycles. The normalized spacial score (nSPS) is 33.5. The van der Waals surface area contributed by atoms with Gasteiger partial charge >= 0.3 is 11.9 Å². The fraction of sp³-hybridized carbons (Fsp3) is 0.633. The number of amides is 1. The number of hydroxylamine groups is 1. The van der Waals surface area contributed by atoms with Gasteiger partial charge < -0.3 is 34.1 Å². The number of nitrogens with one attached hydrogen (secondary N) is 1. The van der Waals surface area contributed by atoms with Gasteiger partial charge in [-0.15, -0.1) is 0 Å². The van der Waals surface area contributed by atoms with E-state index in [2.05, 4.69) is 11.6 Å². The van der Waals surface area contributed by atoms with Crippen molar-refractivity contribution < 1.29 is 48.4 Å². The number of carbonyl (C=O) groups is 3. The number of terminal acetylenes is 1. The van der Waals surface area contributed by atoms with Crippen molar-refractivity contribution >= 4 is 17.8 Å². The summed E-state index contributed by atoms with van der Waals surface area (Å²) in [6.45, 7) is 1.58. The molecule has 2 saturated heterocycles. The second-order valence-electron chi connectivity index (χ2n) is 11.4. The van der Waals surface area contributed by atoms with Gasteiger partial charge in [-0.1, -0.05) is 24.6 Å². The first-order valence-electron chi connectivity index (χ1n) is 14.5. The van der Waals surface area contributed by atoms with E-state index in [0.717, 1.165) is 5.75 Å². The number of benzene rings is 1. The number of para-hydroxylation sites is 1. The number of hydrogen-bond acceptors (Lipinski definition) is 9. The van der Waals surface area contributed by atoms with E-state index in [0.29, 0.717) is 58.3 Å². The van der Waals surface area contributed by atoms with E-state index in [1.807, 2.05) is 30.3 Å². The second-order valence-corrected chi connectivity index (χ2v) is 11.4. The van der Waals surface area contributed by atoms with Crippen LogP contribution in [0.3, 0.4) is 0 Å². The third kappa shape index (κ3) is 5.92. The molecule has 2 saturated carbocycles. The zero-order valence-corrected chi connectivity index (χ0v) is 23.4. The molecule has 228 valence electrons. The Hall–Kier alpha value is -3.37. The fourth-order valence-electron chi connectivity index (χ4n) is 6.94. The maximum atomic E-state index is 12.7. The average Bonchev–Trinajstić information content (AvgIpc) is 3.54. The maximum absolute atomic E-state index is 12.7. The number of nitrogens with zero attached hydrogens (tertiary/aromatic N) is 1. The highest BCUT2D eigenvalue weighted by Crippen LogP contribution is 2.50. The van der Waals surface area contributed by atoms with E-state index in [9.17, 15) is 24.6 Å². The van der Waals surface area contributed by atoms with Crippen molar-refractivity contribution in [2.24, 2.45) is 11.8 Å². The van der Waals surface area contributed by atoms with Crippen LogP contribution >= 0.6 is 0 Å². The van der Waals surface area contributed by atoms with Crippen LogP contribution < -0.4 is 10.2 Å². The highest BCUT2D eigenvalue weighted by Gasteiger charge is 2.70. The van der Waals surface area contributed by atoms with E-state index in [-0.39, 0.29) is 43.8 Å². The quantitative estimate of drug-likeness (QED) is 0.166. The number of aliphatic carboxylic acids is 2. The van der Waals surface area contributed by atoms with Gasteiger partial charge in [0.1, 0.15) is 36.2 Å². The van der Waals surface area contributed by atoms with E-state index < -0.39 is 34.9 Å². The molecule has 7 atom stereocenters. The molecule has 1 amide bonds. The Morgan fingerprint density at radius 3 is 2.45 bits per heavy atom. The summed E-state index contributed by atoms with van der Waals surface area (Å²) in [5.74, 6) is -2.91. The standard InChI is InChI=1S/C30H38N2O10/c1-2-39-21-9-12-30(24(19-21)27(35)36)28(37)32(30)13-15-38-14-10-25-29(31-42-25)11-8-22(18-23(29)26(33)34)41-17-16-40-20-6-4-3-5-7-20/h1,3-7,21-25,31H,8-19H2,(H,33,34)(H,35,36). The zero-order valence-electron chi connectivity index (χ0n) is 23.4. The van der Waals surface area contributed by atoms with Crippen molar-refractivity contribution in [1.82, 2.24) is 10.4 Å². The summed E-state index contributed by atoms with van der Waals surface area (Å²) < 4.78 is 22.6. The van der Waals surface area contributed by atoms with E-state index in [1.54, 1.807) is 4.90 Å². The van der Waals surface area contributed by atoms with E-state index in [4.69, 9.17) is 30.2 Å². The lowest BCUT2D eigenvalue weighted by atomic mass is 9.67. The van der Waals surface area contributed by atoms with E-state index in [1.165, 1.54) is 0 Å². The highest BCUT2D eigenvalue weighted by molar-refractivity contribution is 6.06. The minimum Gasteiger partial charge on any atom is -0.491 e. The van der Waals surface area contributed by atoms with Gasteiger partial charge in [-0.3, -0.25) is 19.2 Å². The summed E-state index contributed by atoms with van der Waals surface area (Å²) in [6, 6.07) is 9.44. The molecule has 2 aliphatic heterocycles. The van der Waals surface area contributed by atoms with Gasteiger partial charge in [0.05, 0.1) is 36.7 Å². The predicted octanol–water partition coefficient (Wildman–Crippen LogP) is 1.83. The molecule has 42 heavy (non-hydrogen) atoms. The van der Waals surface area contributed by atoms with Crippen molar-refractivity contribution in [3.8, 4) is 18.3 Å². The molecule has 12 nitrogen and oxygen atoms in total. The van der Waals surface area contributed by atoms with Gasteiger partial charge in [0, 0.05) is 26.0 Å². The van der Waals surface area contributed by atoms with Gasteiger partial charge in [-0.2, -0.15) is 5.48 Å². The summed E-state index contributed by atoms with van der Waals surface area (Å²) in [6.07, 6.45) is 9.63. The minimum absolute atomic E-state index is 0.182. The SMILES string of the molecule is C#COC1CCC2(C(=O)N2CCOCCC2ONC23CCC(OCCOc2ccccc2)CC3C(=O)O)C(C(=O)O)C1. The Balaban J connectivity index is 1.04. The molecule has 0 aromatic heterocycles. The molecule has 0 bridgehead atoms. The molecule has 2 spiro atoms. The van der Waals surface area contributed by atoms with Gasteiger partial charge in [-0.25, -0.2) is 0 Å². The second kappa shape index (κ2) is 12.9. The third-order valence-electron chi connectivity index (χ3n) is 9.20. The lowest BCUT2D eigenvalue weighted by molar-refractivity contribution is -0.266. The number of ether oxygens (including phenoxy) is 4. The molecule has 0 radical (unpaired) electrons. The van der Waals surface area contributed by atoms with Crippen molar-refractivity contribution in [3.63, 3.8) is 0 Å². The van der Waals surface area contributed by atoms with Gasteiger partial charge in [0.15, 0.2) is 0 Å². The summed E-state index contributed by atoms with van der Waals surface area (Å²) >= 11 is 0. The molecule has 5 rings (SSSR count).